The van der Waals surface area contributed by atoms with Crippen molar-refractivity contribution < 1.29 is 28.5 Å². The molecule has 0 N–H and O–H groups in total. The first-order valence-corrected chi connectivity index (χ1v) is 8.80. The van der Waals surface area contributed by atoms with Gasteiger partial charge in [-0.05, 0) is 42.0 Å². The highest BCUT2D eigenvalue weighted by Crippen LogP contribution is 2.30. The lowest BCUT2D eigenvalue weighted by molar-refractivity contribution is -0.137. The van der Waals surface area contributed by atoms with Gasteiger partial charge in [-0.25, -0.2) is 9.59 Å². The number of carbonyl (C=O) groups excluding carboxylic acids is 2. The number of esters is 2. The number of benzene rings is 2. The zero-order valence-corrected chi connectivity index (χ0v) is 16.9. The van der Waals surface area contributed by atoms with E-state index in [4.69, 9.17) is 42.7 Å². The number of ether oxygens (including phenoxy) is 4. The van der Waals surface area contributed by atoms with Gasteiger partial charge in [0, 0.05) is 5.02 Å². The molecule has 2 aromatic rings. The monoisotopic (exact) mass is 435 g/mol. The van der Waals surface area contributed by atoms with E-state index in [1.54, 1.807) is 18.2 Å². The van der Waals surface area contributed by atoms with Crippen LogP contribution in [0.15, 0.2) is 42.0 Å². The number of hydrogen-bond donors (Lipinski definition) is 0. The molecule has 0 bridgehead atoms. The second-order valence-electron chi connectivity index (χ2n) is 5.41. The summed E-state index contributed by atoms with van der Waals surface area (Å²) in [5.74, 6) is -0.812. The molecule has 2 aromatic carbocycles. The number of rotatable bonds is 7. The fraction of sp³-hybridized carbons (Fsp3) is 0.150. The van der Waals surface area contributed by atoms with E-state index in [0.29, 0.717) is 10.6 Å². The first-order chi connectivity index (χ1) is 13.9. The van der Waals surface area contributed by atoms with Crippen molar-refractivity contribution >= 4 is 41.2 Å². The van der Waals surface area contributed by atoms with Crippen LogP contribution in [0.25, 0.3) is 6.08 Å². The lowest BCUT2D eigenvalue weighted by Crippen LogP contribution is -2.18. The molecule has 0 heterocycles. The van der Waals surface area contributed by atoms with Crippen molar-refractivity contribution in [2.45, 2.75) is 0 Å². The maximum absolute atomic E-state index is 12.1. The van der Waals surface area contributed by atoms with E-state index in [-0.39, 0.29) is 27.8 Å². The Balaban J connectivity index is 2.10. The Morgan fingerprint density at radius 3 is 2.41 bits per heavy atom. The topological polar surface area (TPSA) is 94.9 Å². The first kappa shape index (κ1) is 22.1. The van der Waals surface area contributed by atoms with E-state index < -0.39 is 18.5 Å². The molecule has 0 saturated carbocycles. The average Bonchev–Trinajstić information content (AvgIpc) is 2.71. The fourth-order valence-corrected chi connectivity index (χ4v) is 2.62. The third-order valence-electron chi connectivity index (χ3n) is 3.49. The van der Waals surface area contributed by atoms with Gasteiger partial charge in [-0.15, -0.1) is 0 Å². The molecule has 0 radical (unpaired) electrons. The highest BCUT2D eigenvalue weighted by molar-refractivity contribution is 6.35. The van der Waals surface area contributed by atoms with Crippen molar-refractivity contribution in [2.24, 2.45) is 0 Å². The number of methoxy groups -OCH3 is 2. The largest absolute Gasteiger partial charge is 0.493 e. The Hall–Kier alpha value is -3.21. The van der Waals surface area contributed by atoms with Gasteiger partial charge in [0.2, 0.25) is 0 Å². The molecule has 0 aliphatic rings. The molecule has 0 aliphatic carbocycles. The van der Waals surface area contributed by atoms with Crippen molar-refractivity contribution in [3.05, 3.63) is 57.6 Å². The standard InChI is InChI=1S/C20H15Cl2NO6/c1-26-18-8-12(7-13(10-23)20(25)27-2)3-5-17(18)29-19(24)11-28-16-6-4-14(21)9-15(16)22/h3-9H,11H2,1-2H3/b13-7+. The molecule has 150 valence electrons. The Labute approximate surface area is 176 Å². The SMILES string of the molecule is COC(=O)/C(C#N)=C/c1ccc(OC(=O)COc2ccc(Cl)cc2Cl)c(OC)c1. The van der Waals surface area contributed by atoms with Crippen molar-refractivity contribution in [1.29, 1.82) is 5.26 Å². The highest BCUT2D eigenvalue weighted by atomic mass is 35.5. The molecule has 0 unspecified atom stereocenters. The summed E-state index contributed by atoms with van der Waals surface area (Å²) in [7, 11) is 2.56. The summed E-state index contributed by atoms with van der Waals surface area (Å²) >= 11 is 11.8. The summed E-state index contributed by atoms with van der Waals surface area (Å²) in [5.41, 5.74) is 0.292. The van der Waals surface area contributed by atoms with E-state index >= 15 is 0 Å². The van der Waals surface area contributed by atoms with Gasteiger partial charge in [-0.1, -0.05) is 29.3 Å². The summed E-state index contributed by atoms with van der Waals surface area (Å²) < 4.78 is 20.3. The van der Waals surface area contributed by atoms with Gasteiger partial charge in [-0.2, -0.15) is 5.26 Å². The molecular formula is C20H15Cl2NO6. The molecule has 0 spiro atoms. The summed E-state index contributed by atoms with van der Waals surface area (Å²) in [6, 6.07) is 10.9. The second-order valence-corrected chi connectivity index (χ2v) is 6.25. The zero-order chi connectivity index (χ0) is 21.4. The van der Waals surface area contributed by atoms with Crippen molar-refractivity contribution in [1.82, 2.24) is 0 Å². The van der Waals surface area contributed by atoms with Crippen molar-refractivity contribution in [3.8, 4) is 23.3 Å². The number of nitrogens with zero attached hydrogens (tertiary/aromatic N) is 1. The van der Waals surface area contributed by atoms with E-state index in [2.05, 4.69) is 4.74 Å². The summed E-state index contributed by atoms with van der Waals surface area (Å²) in [6.45, 7) is -0.396. The van der Waals surface area contributed by atoms with E-state index in [1.807, 2.05) is 0 Å². The minimum absolute atomic E-state index is 0.136. The summed E-state index contributed by atoms with van der Waals surface area (Å²) in [6.07, 6.45) is 1.32. The average molecular weight is 436 g/mol. The van der Waals surface area contributed by atoms with Gasteiger partial charge in [-0.3, -0.25) is 0 Å². The lowest BCUT2D eigenvalue weighted by atomic mass is 10.1. The van der Waals surface area contributed by atoms with Crippen LogP contribution in [0.5, 0.6) is 17.2 Å². The molecule has 0 aliphatic heterocycles. The molecular weight excluding hydrogens is 421 g/mol. The van der Waals surface area contributed by atoms with Crippen LogP contribution in [0.1, 0.15) is 5.56 Å². The normalized spacial score (nSPS) is 10.7. The van der Waals surface area contributed by atoms with Crippen molar-refractivity contribution in [2.75, 3.05) is 20.8 Å². The molecule has 0 atom stereocenters. The molecule has 0 fully saturated rings. The minimum atomic E-state index is -0.764. The second kappa shape index (κ2) is 10.4. The predicted octanol–water partition coefficient (Wildman–Crippen LogP) is 4.07. The molecule has 2 rings (SSSR count). The van der Waals surface area contributed by atoms with Crippen molar-refractivity contribution in [3.63, 3.8) is 0 Å². The number of halogens is 2. The molecule has 0 aromatic heterocycles. The Kier molecular flexibility index (Phi) is 7.89. The van der Waals surface area contributed by atoms with Crippen LogP contribution in [-0.2, 0) is 14.3 Å². The smallest absolute Gasteiger partial charge is 0.349 e. The van der Waals surface area contributed by atoms with Gasteiger partial charge in [0.1, 0.15) is 17.4 Å². The van der Waals surface area contributed by atoms with Gasteiger partial charge in [0.15, 0.2) is 18.1 Å². The van der Waals surface area contributed by atoms with E-state index in [9.17, 15) is 9.59 Å². The molecule has 0 amide bonds. The lowest BCUT2D eigenvalue weighted by Gasteiger charge is -2.11. The first-order valence-electron chi connectivity index (χ1n) is 8.04. The Morgan fingerprint density at radius 2 is 1.79 bits per heavy atom. The summed E-state index contributed by atoms with van der Waals surface area (Å²) in [4.78, 5) is 23.6. The van der Waals surface area contributed by atoms with Crippen LogP contribution in [0.2, 0.25) is 10.0 Å². The number of carbonyl (C=O) groups is 2. The van der Waals surface area contributed by atoms with Crippen LogP contribution in [-0.4, -0.2) is 32.8 Å². The Morgan fingerprint density at radius 1 is 1.07 bits per heavy atom. The van der Waals surface area contributed by atoms with Crippen LogP contribution >= 0.6 is 23.2 Å². The summed E-state index contributed by atoms with van der Waals surface area (Å²) in [5, 5.41) is 9.73. The maximum atomic E-state index is 12.1. The zero-order valence-electron chi connectivity index (χ0n) is 15.4. The van der Waals surface area contributed by atoms with Crippen LogP contribution in [0, 0.1) is 11.3 Å². The predicted molar refractivity (Wildman–Crippen MR) is 106 cm³/mol. The maximum Gasteiger partial charge on any atom is 0.349 e. The third kappa shape index (κ3) is 6.14. The highest BCUT2D eigenvalue weighted by Gasteiger charge is 2.14. The third-order valence-corrected chi connectivity index (χ3v) is 4.02. The number of hydrogen-bond acceptors (Lipinski definition) is 7. The molecule has 9 heteroatoms. The van der Waals surface area contributed by atoms with Crippen LogP contribution in [0.4, 0.5) is 0 Å². The minimum Gasteiger partial charge on any atom is -0.493 e. The number of nitriles is 1. The molecule has 29 heavy (non-hydrogen) atoms. The van der Waals surface area contributed by atoms with Gasteiger partial charge in [0.25, 0.3) is 0 Å². The van der Waals surface area contributed by atoms with E-state index in [1.165, 1.54) is 44.6 Å². The fourth-order valence-electron chi connectivity index (χ4n) is 2.15. The van der Waals surface area contributed by atoms with Crippen LogP contribution < -0.4 is 14.2 Å². The van der Waals surface area contributed by atoms with E-state index in [0.717, 1.165) is 0 Å². The van der Waals surface area contributed by atoms with Gasteiger partial charge >= 0.3 is 11.9 Å². The van der Waals surface area contributed by atoms with Gasteiger partial charge < -0.3 is 18.9 Å². The Bertz CT molecular complexity index is 997. The quantitative estimate of drug-likeness (QED) is 0.280. The van der Waals surface area contributed by atoms with Gasteiger partial charge in [0.05, 0.1) is 19.2 Å². The molecule has 0 saturated heterocycles. The van der Waals surface area contributed by atoms with Crippen LogP contribution in [0.3, 0.4) is 0 Å². The molecule has 7 nitrogen and oxygen atoms in total.